The van der Waals surface area contributed by atoms with Gasteiger partial charge in [0.2, 0.25) is 0 Å². The quantitative estimate of drug-likeness (QED) is 0.476. The van der Waals surface area contributed by atoms with Crippen molar-refractivity contribution in [3.05, 3.63) is 0 Å². The van der Waals surface area contributed by atoms with Gasteiger partial charge in [0.05, 0.1) is 7.11 Å². The molecule has 3 nitrogen and oxygen atoms in total. The van der Waals surface area contributed by atoms with Crippen LogP contribution in [0, 0.1) is 11.8 Å². The number of esters is 1. The number of carbonyl (C=O) groups is 1. The summed E-state index contributed by atoms with van der Waals surface area (Å²) in [6, 6.07) is 0. The van der Waals surface area contributed by atoms with E-state index in [-0.39, 0.29) is 17.7 Å². The van der Waals surface area contributed by atoms with Crippen molar-refractivity contribution in [3.8, 4) is 0 Å². The van der Waals surface area contributed by atoms with Crippen molar-refractivity contribution < 1.29 is 14.3 Å². The van der Waals surface area contributed by atoms with Crippen LogP contribution in [-0.4, -0.2) is 24.8 Å². The summed E-state index contributed by atoms with van der Waals surface area (Å²) in [5.41, 5.74) is -0.176. The van der Waals surface area contributed by atoms with E-state index in [1.807, 2.05) is 0 Å². The lowest BCUT2D eigenvalue weighted by molar-refractivity contribution is -0.142. The number of ether oxygens (including phenoxy) is 2. The van der Waals surface area contributed by atoms with E-state index >= 15 is 0 Å². The first-order valence-electron chi connectivity index (χ1n) is 5.36. The van der Waals surface area contributed by atoms with Crippen molar-refractivity contribution in [1.82, 2.24) is 0 Å². The summed E-state index contributed by atoms with van der Waals surface area (Å²) in [6.07, 6.45) is 3.13. The third-order valence-electron chi connectivity index (χ3n) is 3.73. The van der Waals surface area contributed by atoms with Crippen LogP contribution in [0.5, 0.6) is 0 Å². The number of hydrogen-bond donors (Lipinski definition) is 0. The minimum absolute atomic E-state index is 0.176. The van der Waals surface area contributed by atoms with Gasteiger partial charge < -0.3 is 9.47 Å². The number of carbonyl (C=O) groups excluding carboxylic acids is 1. The molecule has 2 aliphatic rings. The van der Waals surface area contributed by atoms with Crippen LogP contribution in [0.15, 0.2) is 0 Å². The van der Waals surface area contributed by atoms with Gasteiger partial charge in [0.15, 0.2) is 6.10 Å². The fourth-order valence-corrected chi connectivity index (χ4v) is 2.70. The molecule has 80 valence electrons. The predicted molar refractivity (Wildman–Crippen MR) is 51.8 cm³/mol. The van der Waals surface area contributed by atoms with Crippen LogP contribution >= 0.6 is 0 Å². The van der Waals surface area contributed by atoms with Crippen molar-refractivity contribution in [2.45, 2.75) is 44.8 Å². The molecule has 1 aliphatic carbocycles. The average Bonchev–Trinajstić information content (AvgIpc) is 2.87. The monoisotopic (exact) mass is 198 g/mol. The van der Waals surface area contributed by atoms with Gasteiger partial charge in [-0.25, -0.2) is 4.79 Å². The van der Waals surface area contributed by atoms with Crippen molar-refractivity contribution in [2.75, 3.05) is 7.11 Å². The summed E-state index contributed by atoms with van der Waals surface area (Å²) in [5, 5.41) is 0. The Morgan fingerprint density at radius 1 is 1.43 bits per heavy atom. The Morgan fingerprint density at radius 3 is 2.79 bits per heavy atom. The van der Waals surface area contributed by atoms with Crippen LogP contribution in [-0.2, 0) is 14.3 Å². The SMILES string of the molecule is COC(=O)C1OC12CC(C)CCC2C. The van der Waals surface area contributed by atoms with E-state index in [2.05, 4.69) is 13.8 Å². The number of methoxy groups -OCH3 is 1. The number of hydrogen-bond acceptors (Lipinski definition) is 3. The van der Waals surface area contributed by atoms with E-state index in [1.165, 1.54) is 13.5 Å². The molecule has 1 spiro atoms. The Bertz CT molecular complexity index is 251. The second-order valence-corrected chi connectivity index (χ2v) is 4.76. The Balaban J connectivity index is 2.06. The van der Waals surface area contributed by atoms with Crippen LogP contribution in [0.1, 0.15) is 33.1 Å². The van der Waals surface area contributed by atoms with Gasteiger partial charge in [0.1, 0.15) is 5.60 Å². The topological polar surface area (TPSA) is 38.8 Å². The fraction of sp³-hybridized carbons (Fsp3) is 0.909. The lowest BCUT2D eigenvalue weighted by atomic mass is 9.73. The zero-order chi connectivity index (χ0) is 10.3. The molecular weight excluding hydrogens is 180 g/mol. The van der Waals surface area contributed by atoms with Crippen LogP contribution in [0.25, 0.3) is 0 Å². The summed E-state index contributed by atoms with van der Waals surface area (Å²) in [4.78, 5) is 11.4. The third-order valence-corrected chi connectivity index (χ3v) is 3.73. The molecule has 1 saturated carbocycles. The molecule has 0 radical (unpaired) electrons. The third kappa shape index (κ3) is 1.34. The van der Waals surface area contributed by atoms with E-state index in [0.29, 0.717) is 11.8 Å². The van der Waals surface area contributed by atoms with Gasteiger partial charge in [-0.2, -0.15) is 0 Å². The molecule has 0 bridgehead atoms. The molecular formula is C11H18O3. The van der Waals surface area contributed by atoms with Gasteiger partial charge >= 0.3 is 5.97 Å². The van der Waals surface area contributed by atoms with Crippen LogP contribution < -0.4 is 0 Å². The van der Waals surface area contributed by atoms with Crippen LogP contribution in [0.2, 0.25) is 0 Å². The van der Waals surface area contributed by atoms with Gasteiger partial charge in [0.25, 0.3) is 0 Å². The molecule has 1 saturated heterocycles. The zero-order valence-corrected chi connectivity index (χ0v) is 9.08. The molecule has 3 heteroatoms. The van der Waals surface area contributed by atoms with Crippen molar-refractivity contribution >= 4 is 5.97 Å². The fourth-order valence-electron chi connectivity index (χ4n) is 2.70. The molecule has 14 heavy (non-hydrogen) atoms. The van der Waals surface area contributed by atoms with Crippen LogP contribution in [0.4, 0.5) is 0 Å². The summed E-state index contributed by atoms with van der Waals surface area (Å²) in [6.45, 7) is 4.40. The van der Waals surface area contributed by atoms with Gasteiger partial charge in [-0.15, -0.1) is 0 Å². The van der Waals surface area contributed by atoms with Gasteiger partial charge in [-0.05, 0) is 24.7 Å². The van der Waals surface area contributed by atoms with E-state index in [9.17, 15) is 4.79 Å². The zero-order valence-electron chi connectivity index (χ0n) is 9.08. The Morgan fingerprint density at radius 2 is 2.14 bits per heavy atom. The lowest BCUT2D eigenvalue weighted by Gasteiger charge is -2.30. The highest BCUT2D eigenvalue weighted by Gasteiger charge is 2.65. The summed E-state index contributed by atoms with van der Waals surface area (Å²) in [5.74, 6) is 0.953. The second kappa shape index (κ2) is 3.23. The highest BCUT2D eigenvalue weighted by molar-refractivity contribution is 5.79. The van der Waals surface area contributed by atoms with Gasteiger partial charge in [-0.3, -0.25) is 0 Å². The van der Waals surface area contributed by atoms with Crippen LogP contribution in [0.3, 0.4) is 0 Å². The maximum Gasteiger partial charge on any atom is 0.338 e. The molecule has 4 unspecified atom stereocenters. The minimum Gasteiger partial charge on any atom is -0.467 e. The Labute approximate surface area is 84.8 Å². The van der Waals surface area contributed by atoms with Crippen molar-refractivity contribution in [3.63, 3.8) is 0 Å². The first-order chi connectivity index (χ1) is 6.60. The van der Waals surface area contributed by atoms with Crippen molar-refractivity contribution in [2.24, 2.45) is 11.8 Å². The Kier molecular flexibility index (Phi) is 2.30. The Hall–Kier alpha value is -0.570. The van der Waals surface area contributed by atoms with E-state index in [4.69, 9.17) is 9.47 Å². The summed E-state index contributed by atoms with van der Waals surface area (Å²) in [7, 11) is 1.43. The molecule has 2 rings (SSSR count). The minimum atomic E-state index is -0.287. The molecule has 0 N–H and O–H groups in total. The average molecular weight is 198 g/mol. The molecule has 0 aromatic carbocycles. The molecule has 1 heterocycles. The van der Waals surface area contributed by atoms with E-state index < -0.39 is 0 Å². The molecule has 4 atom stereocenters. The van der Waals surface area contributed by atoms with E-state index in [0.717, 1.165) is 12.8 Å². The normalized spacial score (nSPS) is 46.4. The van der Waals surface area contributed by atoms with E-state index in [1.54, 1.807) is 0 Å². The second-order valence-electron chi connectivity index (χ2n) is 4.76. The largest absolute Gasteiger partial charge is 0.467 e. The summed E-state index contributed by atoms with van der Waals surface area (Å²) >= 11 is 0. The smallest absolute Gasteiger partial charge is 0.338 e. The number of epoxide rings is 1. The summed E-state index contributed by atoms with van der Waals surface area (Å²) < 4.78 is 10.3. The first kappa shape index (κ1) is 9.97. The standard InChI is InChI=1S/C11H18O3/c1-7-4-5-8(2)11(6-7)9(14-11)10(12)13-3/h7-9H,4-6H2,1-3H3. The van der Waals surface area contributed by atoms with Gasteiger partial charge in [-0.1, -0.05) is 20.3 Å². The molecule has 1 aliphatic heterocycles. The molecule has 2 fully saturated rings. The highest BCUT2D eigenvalue weighted by atomic mass is 16.7. The lowest BCUT2D eigenvalue weighted by Crippen LogP contribution is -2.34. The maximum absolute atomic E-state index is 11.4. The molecule has 0 amide bonds. The predicted octanol–water partition coefficient (Wildman–Crippen LogP) is 1.75. The first-order valence-corrected chi connectivity index (χ1v) is 5.36. The number of rotatable bonds is 1. The molecule has 0 aromatic rings. The van der Waals surface area contributed by atoms with Crippen molar-refractivity contribution in [1.29, 1.82) is 0 Å². The molecule has 0 aromatic heterocycles. The maximum atomic E-state index is 11.4. The van der Waals surface area contributed by atoms with Gasteiger partial charge in [0, 0.05) is 0 Å². The highest BCUT2D eigenvalue weighted by Crippen LogP contribution is 2.53.